The number of pyridine rings is 1. The number of nitrogens with zero attached hydrogens (tertiary/aromatic N) is 1. The molecule has 1 aromatic heterocycles. The van der Waals surface area contributed by atoms with Crippen LogP contribution < -0.4 is 10.5 Å². The minimum Gasteiger partial charge on any atom is -0.438 e. The highest BCUT2D eigenvalue weighted by molar-refractivity contribution is 7.98. The van der Waals surface area contributed by atoms with Crippen molar-refractivity contribution in [3.63, 3.8) is 0 Å². The maximum Gasteiger partial charge on any atom is 0.219 e. The number of thiocarbonyl (C=S) groups is 1. The van der Waals surface area contributed by atoms with Crippen LogP contribution in [0.15, 0.2) is 47.5 Å². The molecule has 0 fully saturated rings. The standard InChI is InChI=1S/C13H12N2OS2/c1-18-11-5-3-2-4-10(11)16-12-8-9(13(14)17)6-7-15-12/h2-8H,1H3,(H2,14,17). The first-order chi connectivity index (χ1) is 8.70. The van der Waals surface area contributed by atoms with Crippen molar-refractivity contribution in [3.05, 3.63) is 48.2 Å². The van der Waals surface area contributed by atoms with Crippen LogP contribution >= 0.6 is 24.0 Å². The minimum atomic E-state index is 0.334. The van der Waals surface area contributed by atoms with Gasteiger partial charge in [-0.25, -0.2) is 4.98 Å². The monoisotopic (exact) mass is 276 g/mol. The summed E-state index contributed by atoms with van der Waals surface area (Å²) >= 11 is 6.55. The second-order valence-corrected chi connectivity index (χ2v) is 4.79. The highest BCUT2D eigenvalue weighted by Crippen LogP contribution is 2.30. The van der Waals surface area contributed by atoms with Gasteiger partial charge in [0.15, 0.2) is 0 Å². The van der Waals surface area contributed by atoms with Crippen LogP contribution in [0.25, 0.3) is 0 Å². The third-order valence-corrected chi connectivity index (χ3v) is 3.32. The molecule has 0 saturated carbocycles. The molecule has 0 aliphatic heterocycles. The lowest BCUT2D eigenvalue weighted by Gasteiger charge is -2.09. The highest BCUT2D eigenvalue weighted by Gasteiger charge is 2.05. The largest absolute Gasteiger partial charge is 0.438 e. The van der Waals surface area contributed by atoms with E-state index in [1.807, 2.05) is 30.5 Å². The van der Waals surface area contributed by atoms with Gasteiger partial charge < -0.3 is 10.5 Å². The third kappa shape index (κ3) is 3.00. The Kier molecular flexibility index (Phi) is 4.17. The molecular weight excluding hydrogens is 264 g/mol. The summed E-state index contributed by atoms with van der Waals surface area (Å²) in [4.78, 5) is 5.54. The van der Waals surface area contributed by atoms with Crippen molar-refractivity contribution < 1.29 is 4.74 Å². The van der Waals surface area contributed by atoms with Gasteiger partial charge in [0.2, 0.25) is 5.88 Å². The van der Waals surface area contributed by atoms with Crippen molar-refractivity contribution in [2.75, 3.05) is 6.26 Å². The number of benzene rings is 1. The van der Waals surface area contributed by atoms with Crippen molar-refractivity contribution in [1.29, 1.82) is 0 Å². The second-order valence-electron chi connectivity index (χ2n) is 3.50. The molecule has 0 bridgehead atoms. The van der Waals surface area contributed by atoms with E-state index in [4.69, 9.17) is 22.7 Å². The van der Waals surface area contributed by atoms with Gasteiger partial charge in [-0.1, -0.05) is 24.4 Å². The van der Waals surface area contributed by atoms with Crippen LogP contribution in [0.4, 0.5) is 0 Å². The number of ether oxygens (including phenoxy) is 1. The Hall–Kier alpha value is -1.59. The molecule has 2 aromatic rings. The van der Waals surface area contributed by atoms with Gasteiger partial charge >= 0.3 is 0 Å². The molecule has 0 spiro atoms. The van der Waals surface area contributed by atoms with Crippen molar-refractivity contribution in [3.8, 4) is 11.6 Å². The lowest BCUT2D eigenvalue weighted by molar-refractivity contribution is 0.452. The van der Waals surface area contributed by atoms with E-state index in [2.05, 4.69) is 4.98 Å². The molecule has 0 saturated heterocycles. The number of rotatable bonds is 4. The molecule has 0 aliphatic rings. The fourth-order valence-electron chi connectivity index (χ4n) is 1.43. The lowest BCUT2D eigenvalue weighted by atomic mass is 10.3. The summed E-state index contributed by atoms with van der Waals surface area (Å²) in [7, 11) is 0. The van der Waals surface area contributed by atoms with Crippen LogP contribution in [0.2, 0.25) is 0 Å². The van der Waals surface area contributed by atoms with Gasteiger partial charge in [-0.05, 0) is 24.5 Å². The van der Waals surface area contributed by atoms with E-state index in [0.29, 0.717) is 10.9 Å². The van der Waals surface area contributed by atoms with Gasteiger partial charge in [-0.2, -0.15) is 0 Å². The van der Waals surface area contributed by atoms with Crippen LogP contribution in [0.3, 0.4) is 0 Å². The number of hydrogen-bond acceptors (Lipinski definition) is 4. The third-order valence-electron chi connectivity index (χ3n) is 2.30. The van der Waals surface area contributed by atoms with Crippen molar-refractivity contribution in [2.45, 2.75) is 4.90 Å². The SMILES string of the molecule is CSc1ccccc1Oc1cc(C(N)=S)ccn1. The summed E-state index contributed by atoms with van der Waals surface area (Å²) in [5.74, 6) is 1.26. The van der Waals surface area contributed by atoms with E-state index in [-0.39, 0.29) is 0 Å². The number of nitrogens with two attached hydrogens (primary N) is 1. The molecule has 3 nitrogen and oxygen atoms in total. The maximum absolute atomic E-state index is 5.74. The molecule has 1 heterocycles. The fourth-order valence-corrected chi connectivity index (χ4v) is 2.09. The van der Waals surface area contributed by atoms with Gasteiger partial charge in [0.25, 0.3) is 0 Å². The van der Waals surface area contributed by atoms with Crippen molar-refractivity contribution in [2.24, 2.45) is 5.73 Å². The van der Waals surface area contributed by atoms with Crippen molar-refractivity contribution >= 4 is 29.0 Å². The fraction of sp³-hybridized carbons (Fsp3) is 0.0769. The Labute approximate surface area is 115 Å². The predicted molar refractivity (Wildman–Crippen MR) is 78.4 cm³/mol. The van der Waals surface area contributed by atoms with Crippen LogP contribution in [-0.2, 0) is 0 Å². The van der Waals surface area contributed by atoms with Gasteiger partial charge in [-0.3, -0.25) is 0 Å². The molecule has 0 amide bonds. The van der Waals surface area contributed by atoms with Gasteiger partial charge in [0.1, 0.15) is 10.7 Å². The summed E-state index contributed by atoms with van der Waals surface area (Å²) in [6, 6.07) is 11.3. The quantitative estimate of drug-likeness (QED) is 0.686. The Balaban J connectivity index is 2.28. The van der Waals surface area contributed by atoms with Gasteiger partial charge in [0, 0.05) is 22.7 Å². The molecule has 18 heavy (non-hydrogen) atoms. The number of thioether (sulfide) groups is 1. The summed E-state index contributed by atoms with van der Waals surface area (Å²) in [5.41, 5.74) is 6.32. The molecule has 0 radical (unpaired) electrons. The Morgan fingerprint density at radius 3 is 2.83 bits per heavy atom. The first-order valence-electron chi connectivity index (χ1n) is 5.27. The second kappa shape index (κ2) is 5.84. The first-order valence-corrected chi connectivity index (χ1v) is 6.90. The Morgan fingerprint density at radius 1 is 1.33 bits per heavy atom. The Morgan fingerprint density at radius 2 is 2.11 bits per heavy atom. The molecule has 2 N–H and O–H groups in total. The average molecular weight is 276 g/mol. The van der Waals surface area contributed by atoms with E-state index < -0.39 is 0 Å². The molecule has 1 aromatic carbocycles. The topological polar surface area (TPSA) is 48.1 Å². The van der Waals surface area contributed by atoms with Crippen LogP contribution in [-0.4, -0.2) is 16.2 Å². The zero-order valence-electron chi connectivity index (χ0n) is 9.79. The average Bonchev–Trinajstić information content (AvgIpc) is 2.39. The smallest absolute Gasteiger partial charge is 0.219 e. The highest BCUT2D eigenvalue weighted by atomic mass is 32.2. The van der Waals surface area contributed by atoms with E-state index in [1.165, 1.54) is 0 Å². The number of para-hydroxylation sites is 1. The number of aromatic nitrogens is 1. The zero-order chi connectivity index (χ0) is 13.0. The van der Waals surface area contributed by atoms with Gasteiger partial charge in [0.05, 0.1) is 0 Å². The molecule has 2 rings (SSSR count). The molecule has 0 aliphatic carbocycles. The summed E-state index contributed by atoms with van der Waals surface area (Å²) in [6.45, 7) is 0. The van der Waals surface area contributed by atoms with Gasteiger partial charge in [-0.15, -0.1) is 11.8 Å². The Bertz CT molecular complexity index is 572. The summed E-state index contributed by atoms with van der Waals surface area (Å²) in [6.07, 6.45) is 3.63. The van der Waals surface area contributed by atoms with E-state index in [1.54, 1.807) is 30.1 Å². The maximum atomic E-state index is 5.74. The van der Waals surface area contributed by atoms with Crippen LogP contribution in [0.5, 0.6) is 11.6 Å². The van der Waals surface area contributed by atoms with Crippen LogP contribution in [0.1, 0.15) is 5.56 Å². The molecule has 0 atom stereocenters. The van der Waals surface area contributed by atoms with E-state index >= 15 is 0 Å². The number of hydrogen-bond donors (Lipinski definition) is 1. The predicted octanol–water partition coefficient (Wildman–Crippen LogP) is 3.23. The molecular formula is C13H12N2OS2. The summed E-state index contributed by atoms with van der Waals surface area (Å²) < 4.78 is 5.74. The molecule has 92 valence electrons. The normalized spacial score (nSPS) is 10.1. The van der Waals surface area contributed by atoms with Crippen molar-refractivity contribution in [1.82, 2.24) is 4.98 Å². The first kappa shape index (κ1) is 12.9. The minimum absolute atomic E-state index is 0.334. The van der Waals surface area contributed by atoms with E-state index in [0.717, 1.165) is 16.2 Å². The molecule has 5 heteroatoms. The van der Waals surface area contributed by atoms with Crippen LogP contribution in [0, 0.1) is 0 Å². The van der Waals surface area contributed by atoms with E-state index in [9.17, 15) is 0 Å². The lowest BCUT2D eigenvalue weighted by Crippen LogP contribution is -2.09. The summed E-state index contributed by atoms with van der Waals surface area (Å²) in [5, 5.41) is 0. The molecule has 0 unspecified atom stereocenters. The zero-order valence-corrected chi connectivity index (χ0v) is 11.4.